The van der Waals surface area contributed by atoms with Gasteiger partial charge in [-0.3, -0.25) is 4.79 Å². The van der Waals surface area contributed by atoms with Crippen molar-refractivity contribution in [1.29, 1.82) is 5.26 Å². The highest BCUT2D eigenvalue weighted by molar-refractivity contribution is 9.10. The number of rotatable bonds is 5. The predicted octanol–water partition coefficient (Wildman–Crippen LogP) is 3.51. The van der Waals surface area contributed by atoms with E-state index >= 15 is 0 Å². The number of nitriles is 1. The van der Waals surface area contributed by atoms with Gasteiger partial charge in [-0.05, 0) is 51.9 Å². The SMILES string of the molecule is COc1ccc(CN2NC=CC(Br)(OC3(C#N)C=C(Cl)C=CC3)C2=O)cc1. The second-order valence-corrected chi connectivity index (χ2v) is 7.70. The van der Waals surface area contributed by atoms with Crippen molar-refractivity contribution in [2.45, 2.75) is 23.1 Å². The number of hydrazine groups is 1. The van der Waals surface area contributed by atoms with Crippen molar-refractivity contribution in [3.63, 3.8) is 0 Å². The average molecular weight is 451 g/mol. The van der Waals surface area contributed by atoms with Crippen LogP contribution in [0.1, 0.15) is 12.0 Å². The molecule has 1 aliphatic heterocycles. The van der Waals surface area contributed by atoms with E-state index in [0.717, 1.165) is 11.3 Å². The Morgan fingerprint density at radius 3 is 2.78 bits per heavy atom. The summed E-state index contributed by atoms with van der Waals surface area (Å²) in [4.78, 5) is 13.0. The van der Waals surface area contributed by atoms with Crippen molar-refractivity contribution >= 4 is 33.4 Å². The van der Waals surface area contributed by atoms with Gasteiger partial charge in [-0.2, -0.15) is 5.26 Å². The van der Waals surface area contributed by atoms with E-state index in [1.807, 2.05) is 24.3 Å². The third-order valence-corrected chi connectivity index (χ3v) is 5.15. The van der Waals surface area contributed by atoms with Crippen LogP contribution in [0.5, 0.6) is 5.75 Å². The van der Waals surface area contributed by atoms with Gasteiger partial charge in [-0.1, -0.05) is 29.8 Å². The zero-order chi connectivity index (χ0) is 19.5. The second-order valence-electron chi connectivity index (χ2n) is 6.09. The molecule has 1 N–H and O–H groups in total. The molecular weight excluding hydrogens is 434 g/mol. The highest BCUT2D eigenvalue weighted by Gasteiger charge is 2.47. The van der Waals surface area contributed by atoms with Crippen molar-refractivity contribution in [3.8, 4) is 11.8 Å². The molecule has 1 aromatic carbocycles. The lowest BCUT2D eigenvalue weighted by molar-refractivity contribution is -0.153. The highest BCUT2D eigenvalue weighted by atomic mass is 79.9. The maximum Gasteiger partial charge on any atom is 0.288 e. The Bertz CT molecular complexity index is 862. The van der Waals surface area contributed by atoms with Gasteiger partial charge in [-0.15, -0.1) is 0 Å². The van der Waals surface area contributed by atoms with E-state index in [-0.39, 0.29) is 5.91 Å². The molecular formula is C19H17BrClN3O3. The number of carbonyl (C=O) groups is 1. The summed E-state index contributed by atoms with van der Waals surface area (Å²) in [6.45, 7) is 0.305. The molecule has 2 unspecified atom stereocenters. The molecule has 27 heavy (non-hydrogen) atoms. The zero-order valence-electron chi connectivity index (χ0n) is 14.5. The maximum absolute atomic E-state index is 13.0. The number of nitrogens with zero attached hydrogens (tertiary/aromatic N) is 2. The molecule has 0 saturated heterocycles. The van der Waals surface area contributed by atoms with Gasteiger partial charge < -0.3 is 14.9 Å². The first-order valence-corrected chi connectivity index (χ1v) is 9.31. The highest BCUT2D eigenvalue weighted by Crippen LogP contribution is 2.37. The van der Waals surface area contributed by atoms with Crippen LogP contribution >= 0.6 is 27.5 Å². The van der Waals surface area contributed by atoms with E-state index in [9.17, 15) is 10.1 Å². The minimum absolute atomic E-state index is 0.292. The van der Waals surface area contributed by atoms with E-state index in [2.05, 4.69) is 27.4 Å². The van der Waals surface area contributed by atoms with Gasteiger partial charge in [0.05, 0.1) is 13.7 Å². The largest absolute Gasteiger partial charge is 0.497 e. The number of hydrogen-bond donors (Lipinski definition) is 1. The quantitative estimate of drug-likeness (QED) is 0.695. The van der Waals surface area contributed by atoms with Gasteiger partial charge in [0.2, 0.25) is 4.51 Å². The Hall–Kier alpha value is -2.27. The summed E-state index contributed by atoms with van der Waals surface area (Å²) in [5, 5.41) is 11.4. The van der Waals surface area contributed by atoms with E-state index < -0.39 is 10.1 Å². The maximum atomic E-state index is 13.0. The molecule has 1 aliphatic carbocycles. The van der Waals surface area contributed by atoms with Crippen LogP contribution < -0.4 is 10.2 Å². The molecule has 8 heteroatoms. The molecule has 0 spiro atoms. The minimum Gasteiger partial charge on any atom is -0.497 e. The van der Waals surface area contributed by atoms with Gasteiger partial charge in [0.1, 0.15) is 11.8 Å². The lowest BCUT2D eigenvalue weighted by atomic mass is 9.96. The molecule has 3 rings (SSSR count). The summed E-state index contributed by atoms with van der Waals surface area (Å²) in [5.74, 6) is 0.356. The summed E-state index contributed by atoms with van der Waals surface area (Å²) >= 11 is 9.39. The van der Waals surface area contributed by atoms with Crippen LogP contribution in [0.15, 0.2) is 59.8 Å². The fourth-order valence-corrected chi connectivity index (χ4v) is 3.67. The molecule has 1 heterocycles. The van der Waals surface area contributed by atoms with Crippen LogP contribution in [-0.4, -0.2) is 28.1 Å². The molecule has 1 aromatic rings. The summed E-state index contributed by atoms with van der Waals surface area (Å²) < 4.78 is 9.61. The van der Waals surface area contributed by atoms with Crippen molar-refractivity contribution < 1.29 is 14.3 Å². The number of benzene rings is 1. The topological polar surface area (TPSA) is 74.6 Å². The molecule has 2 atom stereocenters. The normalized spacial score (nSPS) is 27.0. The fraction of sp³-hybridized carbons (Fsp3) is 0.263. The zero-order valence-corrected chi connectivity index (χ0v) is 16.8. The van der Waals surface area contributed by atoms with Crippen molar-refractivity contribution in [2.24, 2.45) is 0 Å². The Morgan fingerprint density at radius 2 is 2.15 bits per heavy atom. The number of allylic oxidation sites excluding steroid dienone is 2. The van der Waals surface area contributed by atoms with Gasteiger partial charge in [0.15, 0.2) is 5.60 Å². The van der Waals surface area contributed by atoms with Crippen molar-refractivity contribution in [3.05, 3.63) is 65.4 Å². The summed E-state index contributed by atoms with van der Waals surface area (Å²) in [7, 11) is 1.60. The lowest BCUT2D eigenvalue weighted by Crippen LogP contribution is -2.56. The van der Waals surface area contributed by atoms with Gasteiger partial charge >= 0.3 is 0 Å². The smallest absolute Gasteiger partial charge is 0.288 e. The van der Waals surface area contributed by atoms with Gasteiger partial charge in [0, 0.05) is 17.7 Å². The van der Waals surface area contributed by atoms with Crippen molar-refractivity contribution in [2.75, 3.05) is 7.11 Å². The standard InChI is InChI=1S/C19H17BrClN3O3/c1-26-16-6-4-14(5-7-16)12-24-17(25)19(20,9-10-23-24)27-18(13-22)8-2-3-15(21)11-18/h2-7,9-11,23H,8,12H2,1H3. The molecule has 6 nitrogen and oxygen atoms in total. The lowest BCUT2D eigenvalue weighted by Gasteiger charge is -2.38. The monoisotopic (exact) mass is 449 g/mol. The first-order chi connectivity index (χ1) is 12.9. The first-order valence-electron chi connectivity index (χ1n) is 8.14. The number of alkyl halides is 1. The number of amides is 1. The number of carbonyl (C=O) groups excluding carboxylic acids is 1. The number of ether oxygens (including phenoxy) is 2. The van der Waals surface area contributed by atoms with Crippen LogP contribution in [0.3, 0.4) is 0 Å². The van der Waals surface area contributed by atoms with Crippen LogP contribution in [0.25, 0.3) is 0 Å². The van der Waals surface area contributed by atoms with Crippen LogP contribution in [0.2, 0.25) is 0 Å². The van der Waals surface area contributed by atoms with E-state index in [4.69, 9.17) is 21.1 Å². The van der Waals surface area contributed by atoms with Crippen molar-refractivity contribution in [1.82, 2.24) is 10.4 Å². The molecule has 0 aromatic heterocycles. The number of hydrogen-bond acceptors (Lipinski definition) is 5. The number of halogens is 2. The summed E-state index contributed by atoms with van der Waals surface area (Å²) in [6, 6.07) is 9.50. The Kier molecular flexibility index (Phi) is 5.61. The minimum atomic E-state index is -1.49. The molecule has 2 aliphatic rings. The van der Waals surface area contributed by atoms with Gasteiger partial charge in [-0.25, -0.2) is 5.01 Å². The van der Waals surface area contributed by atoms with Gasteiger partial charge in [0.25, 0.3) is 5.91 Å². The average Bonchev–Trinajstić information content (AvgIpc) is 2.66. The molecule has 0 fully saturated rings. The molecule has 140 valence electrons. The second kappa shape index (κ2) is 7.77. The molecule has 0 saturated carbocycles. The molecule has 0 bridgehead atoms. The third kappa shape index (κ3) is 4.19. The Labute approximate surface area is 170 Å². The van der Waals surface area contributed by atoms with E-state index in [1.54, 1.807) is 25.5 Å². The number of methoxy groups -OCH3 is 1. The van der Waals surface area contributed by atoms with E-state index in [0.29, 0.717) is 18.0 Å². The summed E-state index contributed by atoms with van der Waals surface area (Å²) in [5.41, 5.74) is 2.47. The number of nitrogens with one attached hydrogen (secondary N) is 1. The molecule has 1 amide bonds. The van der Waals surface area contributed by atoms with Crippen LogP contribution in [-0.2, 0) is 16.1 Å². The predicted molar refractivity (Wildman–Crippen MR) is 105 cm³/mol. The van der Waals surface area contributed by atoms with Crippen LogP contribution in [0, 0.1) is 11.3 Å². The Morgan fingerprint density at radius 1 is 1.41 bits per heavy atom. The van der Waals surface area contributed by atoms with Crippen LogP contribution in [0.4, 0.5) is 0 Å². The first kappa shape index (κ1) is 19.5. The third-order valence-electron chi connectivity index (χ3n) is 4.15. The fourth-order valence-electron chi connectivity index (χ4n) is 2.77. The summed E-state index contributed by atoms with van der Waals surface area (Å²) in [6.07, 6.45) is 8.35. The van der Waals surface area contributed by atoms with E-state index in [1.165, 1.54) is 17.2 Å². The Balaban J connectivity index is 1.79. The molecule has 0 radical (unpaired) electrons.